The molecule has 1 aliphatic heterocycles. The minimum atomic E-state index is -0.304. The first-order chi connectivity index (χ1) is 10.6. The molecule has 4 nitrogen and oxygen atoms in total. The second-order valence-corrected chi connectivity index (χ2v) is 5.18. The average Bonchev–Trinajstić information content (AvgIpc) is 2.55. The van der Waals surface area contributed by atoms with Crippen molar-refractivity contribution in [2.45, 2.75) is 6.10 Å². The van der Waals surface area contributed by atoms with Crippen LogP contribution in [-0.4, -0.2) is 35.6 Å². The first kappa shape index (κ1) is 14.5. The van der Waals surface area contributed by atoms with Gasteiger partial charge in [-0.3, -0.25) is 4.79 Å². The summed E-state index contributed by atoms with van der Waals surface area (Å²) in [6.07, 6.45) is -0.288. The molecule has 2 aromatic rings. The summed E-state index contributed by atoms with van der Waals surface area (Å²) in [6.45, 7) is 1.24. The number of nitrogens with zero attached hydrogens (tertiary/aromatic N) is 1. The van der Waals surface area contributed by atoms with Gasteiger partial charge in [-0.2, -0.15) is 0 Å². The second-order valence-electron chi connectivity index (χ2n) is 5.18. The van der Waals surface area contributed by atoms with Gasteiger partial charge in [0.15, 0.2) is 0 Å². The first-order valence-electron chi connectivity index (χ1n) is 7.09. The van der Waals surface area contributed by atoms with Gasteiger partial charge in [-0.1, -0.05) is 24.3 Å². The van der Waals surface area contributed by atoms with Crippen LogP contribution in [0.15, 0.2) is 48.5 Å². The van der Waals surface area contributed by atoms with E-state index in [0.29, 0.717) is 19.7 Å². The van der Waals surface area contributed by atoms with Gasteiger partial charge in [0.2, 0.25) is 0 Å². The van der Waals surface area contributed by atoms with Crippen LogP contribution in [0, 0.1) is 5.82 Å². The molecule has 1 amide bonds. The van der Waals surface area contributed by atoms with Crippen LogP contribution in [0.1, 0.15) is 22.0 Å². The highest BCUT2D eigenvalue weighted by Crippen LogP contribution is 2.25. The number of hydrogen-bond acceptors (Lipinski definition) is 3. The number of morpholine rings is 1. The molecule has 0 bridgehead atoms. The van der Waals surface area contributed by atoms with Crippen molar-refractivity contribution < 1.29 is 19.0 Å². The smallest absolute Gasteiger partial charge is 0.257 e. The van der Waals surface area contributed by atoms with Gasteiger partial charge in [0.05, 0.1) is 18.7 Å². The molecule has 1 aliphatic rings. The fourth-order valence-corrected chi connectivity index (χ4v) is 2.54. The minimum absolute atomic E-state index is 0.0303. The molecule has 0 radical (unpaired) electrons. The predicted molar refractivity (Wildman–Crippen MR) is 79.1 cm³/mol. The molecule has 0 unspecified atom stereocenters. The van der Waals surface area contributed by atoms with Crippen molar-refractivity contribution in [3.05, 3.63) is 65.5 Å². The normalized spacial score (nSPS) is 18.2. The van der Waals surface area contributed by atoms with Gasteiger partial charge < -0.3 is 14.7 Å². The molecule has 1 saturated heterocycles. The lowest BCUT2D eigenvalue weighted by Crippen LogP contribution is -2.42. The molecule has 114 valence electrons. The van der Waals surface area contributed by atoms with Crippen LogP contribution < -0.4 is 0 Å². The fourth-order valence-electron chi connectivity index (χ4n) is 2.54. The Labute approximate surface area is 127 Å². The summed E-state index contributed by atoms with van der Waals surface area (Å²) in [7, 11) is 0. The maximum absolute atomic E-state index is 13.0. The Morgan fingerprint density at radius 2 is 1.91 bits per heavy atom. The molecule has 5 heteroatoms. The molecule has 0 aromatic heterocycles. The highest BCUT2D eigenvalue weighted by atomic mass is 19.1. The van der Waals surface area contributed by atoms with E-state index in [9.17, 15) is 14.3 Å². The lowest BCUT2D eigenvalue weighted by Gasteiger charge is -2.33. The molecule has 1 N–H and O–H groups in total. The third kappa shape index (κ3) is 2.94. The van der Waals surface area contributed by atoms with E-state index in [4.69, 9.17) is 4.74 Å². The van der Waals surface area contributed by atoms with E-state index in [0.717, 1.165) is 5.56 Å². The highest BCUT2D eigenvalue weighted by Gasteiger charge is 2.27. The summed E-state index contributed by atoms with van der Waals surface area (Å²) < 4.78 is 18.7. The van der Waals surface area contributed by atoms with Crippen molar-refractivity contribution in [1.29, 1.82) is 0 Å². The van der Waals surface area contributed by atoms with Crippen molar-refractivity contribution in [2.24, 2.45) is 0 Å². The van der Waals surface area contributed by atoms with E-state index in [1.54, 1.807) is 35.2 Å². The third-order valence-electron chi connectivity index (χ3n) is 3.73. The molecule has 0 spiro atoms. The summed E-state index contributed by atoms with van der Waals surface area (Å²) in [4.78, 5) is 14.1. The van der Waals surface area contributed by atoms with Crippen LogP contribution in [0.4, 0.5) is 4.39 Å². The third-order valence-corrected chi connectivity index (χ3v) is 3.73. The number of ether oxygens (including phenoxy) is 1. The number of carbonyl (C=O) groups excluding carboxylic acids is 1. The van der Waals surface area contributed by atoms with Crippen molar-refractivity contribution in [3.8, 4) is 5.75 Å². The molecule has 1 heterocycles. The van der Waals surface area contributed by atoms with Gasteiger partial charge in [0.25, 0.3) is 5.91 Å². The predicted octanol–water partition coefficient (Wildman–Crippen LogP) is 2.75. The van der Waals surface area contributed by atoms with E-state index < -0.39 is 0 Å². The fraction of sp³-hybridized carbons (Fsp3) is 0.235. The van der Waals surface area contributed by atoms with Crippen LogP contribution in [0.5, 0.6) is 5.75 Å². The zero-order chi connectivity index (χ0) is 15.5. The SMILES string of the molecule is O=C(c1ccccc1O)N1CCO[C@H](c2ccc(F)cc2)C1. The summed E-state index contributed by atoms with van der Waals surface area (Å²) in [6, 6.07) is 12.6. The number of phenolic OH excluding ortho intramolecular Hbond substituents is 1. The molecule has 1 atom stereocenters. The Morgan fingerprint density at radius 1 is 1.18 bits per heavy atom. The Kier molecular flexibility index (Phi) is 4.06. The van der Waals surface area contributed by atoms with Crippen molar-refractivity contribution in [1.82, 2.24) is 4.90 Å². The molecular formula is C17H16FNO3. The van der Waals surface area contributed by atoms with Crippen LogP contribution in [-0.2, 0) is 4.74 Å². The first-order valence-corrected chi connectivity index (χ1v) is 7.09. The topological polar surface area (TPSA) is 49.8 Å². The lowest BCUT2D eigenvalue weighted by molar-refractivity contribution is -0.0229. The summed E-state index contributed by atoms with van der Waals surface area (Å²) in [5.74, 6) is -0.562. The largest absolute Gasteiger partial charge is 0.507 e. The Bertz CT molecular complexity index is 672. The molecule has 3 rings (SSSR count). The number of phenols is 1. The van der Waals surface area contributed by atoms with Gasteiger partial charge in [-0.05, 0) is 29.8 Å². The monoisotopic (exact) mass is 301 g/mol. The van der Waals surface area contributed by atoms with Crippen molar-refractivity contribution in [2.75, 3.05) is 19.7 Å². The lowest BCUT2D eigenvalue weighted by atomic mass is 10.1. The zero-order valence-corrected chi connectivity index (χ0v) is 11.9. The van der Waals surface area contributed by atoms with Gasteiger partial charge in [-0.15, -0.1) is 0 Å². The van der Waals surface area contributed by atoms with Gasteiger partial charge >= 0.3 is 0 Å². The number of carbonyl (C=O) groups is 1. The van der Waals surface area contributed by atoms with Gasteiger partial charge in [-0.25, -0.2) is 4.39 Å². The molecule has 1 fully saturated rings. The Hall–Kier alpha value is -2.40. The number of para-hydroxylation sites is 1. The van der Waals surface area contributed by atoms with Crippen LogP contribution >= 0.6 is 0 Å². The summed E-state index contributed by atoms with van der Waals surface area (Å²) in [5, 5.41) is 9.80. The summed E-state index contributed by atoms with van der Waals surface area (Å²) >= 11 is 0. The number of hydrogen-bond donors (Lipinski definition) is 1. The minimum Gasteiger partial charge on any atom is -0.507 e. The maximum Gasteiger partial charge on any atom is 0.257 e. The number of amides is 1. The number of halogens is 1. The molecule has 0 aliphatic carbocycles. The molecule has 0 saturated carbocycles. The number of benzene rings is 2. The highest BCUT2D eigenvalue weighted by molar-refractivity contribution is 5.96. The van der Waals surface area contributed by atoms with Gasteiger partial charge in [0, 0.05) is 6.54 Å². The number of aromatic hydroxyl groups is 1. The van der Waals surface area contributed by atoms with Crippen LogP contribution in [0.2, 0.25) is 0 Å². The quantitative estimate of drug-likeness (QED) is 0.928. The van der Waals surface area contributed by atoms with E-state index in [2.05, 4.69) is 0 Å². The molecular weight excluding hydrogens is 285 g/mol. The van der Waals surface area contributed by atoms with Crippen molar-refractivity contribution in [3.63, 3.8) is 0 Å². The van der Waals surface area contributed by atoms with E-state index >= 15 is 0 Å². The number of rotatable bonds is 2. The van der Waals surface area contributed by atoms with Gasteiger partial charge in [0.1, 0.15) is 17.7 Å². The van der Waals surface area contributed by atoms with E-state index in [1.807, 2.05) is 0 Å². The standard InChI is InChI=1S/C17H16FNO3/c18-13-7-5-12(6-8-13)16-11-19(9-10-22-16)17(21)14-3-1-2-4-15(14)20/h1-8,16,20H,9-11H2/t16-/m0/s1. The van der Waals surface area contributed by atoms with Crippen molar-refractivity contribution >= 4 is 5.91 Å². The van der Waals surface area contributed by atoms with Crippen LogP contribution in [0.25, 0.3) is 0 Å². The summed E-state index contributed by atoms with van der Waals surface area (Å²) in [5.41, 5.74) is 1.11. The molecule has 22 heavy (non-hydrogen) atoms. The van der Waals surface area contributed by atoms with E-state index in [-0.39, 0.29) is 29.1 Å². The average molecular weight is 301 g/mol. The maximum atomic E-state index is 13.0. The Morgan fingerprint density at radius 3 is 2.64 bits per heavy atom. The Balaban J connectivity index is 1.77. The van der Waals surface area contributed by atoms with Crippen LogP contribution in [0.3, 0.4) is 0 Å². The second kappa shape index (κ2) is 6.15. The molecule has 2 aromatic carbocycles. The van der Waals surface area contributed by atoms with E-state index in [1.165, 1.54) is 18.2 Å². The zero-order valence-electron chi connectivity index (χ0n) is 11.9.